The fraction of sp³-hybridized carbons (Fsp3) is 0.581. The fourth-order valence-electron chi connectivity index (χ4n) is 9.40. The Bertz CT molecular complexity index is 2370. The van der Waals surface area contributed by atoms with Gasteiger partial charge < -0.3 is 47.4 Å². The molecule has 0 radical (unpaired) electrons. The summed E-state index contributed by atoms with van der Waals surface area (Å²) in [5, 5.41) is 0. The highest BCUT2D eigenvalue weighted by Crippen LogP contribution is 2.37. The highest BCUT2D eigenvalue weighted by molar-refractivity contribution is 5.95. The summed E-state index contributed by atoms with van der Waals surface area (Å²) in [6.45, 7) is 15.3. The van der Waals surface area contributed by atoms with Gasteiger partial charge in [-0.1, -0.05) is 53.7 Å². The summed E-state index contributed by atoms with van der Waals surface area (Å²) in [7, 11) is 0. The Morgan fingerprint density at radius 1 is 0.415 bits per heavy atom. The lowest BCUT2D eigenvalue weighted by Gasteiger charge is -2.26. The van der Waals surface area contributed by atoms with Crippen LogP contribution in [0.25, 0.3) is 0 Å². The zero-order chi connectivity index (χ0) is 59.6. The standard InChI is InChI=1S/C62H80O20/c1-7-39(5)37-77-61(71)49-35-47(79-57(67)43-19-15-41(16-20-43)55(65)75-33-13-11-31-73-53(63)9-3)27-29-51(49)81-59(69)45-23-25-46(26-24-45)60(70)82-52-30-28-48(36-50(52)62(72)78-38-40(6)8-2)80-58(68)44-21-17-42(18-22-44)56(66)76-34-14-12-32-74-54(64)10-4/h9-10,27-30,35-36,39-46H,3-4,7-8,11-26,31-34,37-38H2,1-2,5-6H3. The van der Waals surface area contributed by atoms with Crippen molar-refractivity contribution in [3.05, 3.63) is 72.8 Å². The number of carbonyl (C=O) groups is 10. The van der Waals surface area contributed by atoms with Crippen LogP contribution in [0.2, 0.25) is 0 Å². The van der Waals surface area contributed by atoms with Gasteiger partial charge in [-0.15, -0.1) is 0 Å². The lowest BCUT2D eigenvalue weighted by Crippen LogP contribution is -2.31. The summed E-state index contributed by atoms with van der Waals surface area (Å²) in [5.41, 5.74) is -0.247. The number of unbranched alkanes of at least 4 members (excludes halogenated alkanes) is 2. The zero-order valence-electron chi connectivity index (χ0n) is 47.8. The number of benzene rings is 2. The van der Waals surface area contributed by atoms with Gasteiger partial charge in [0.25, 0.3) is 0 Å². The maximum absolute atomic E-state index is 13.7. The van der Waals surface area contributed by atoms with Crippen LogP contribution in [0.3, 0.4) is 0 Å². The molecule has 2 atom stereocenters. The first-order valence-electron chi connectivity index (χ1n) is 28.8. The Hall–Kier alpha value is -7.38. The van der Waals surface area contributed by atoms with E-state index in [0.717, 1.165) is 25.0 Å². The second-order valence-corrected chi connectivity index (χ2v) is 21.4. The molecule has 3 fully saturated rings. The number of carbonyl (C=O) groups excluding carboxylic acids is 10. The van der Waals surface area contributed by atoms with Gasteiger partial charge >= 0.3 is 59.7 Å². The van der Waals surface area contributed by atoms with Gasteiger partial charge in [-0.25, -0.2) is 19.2 Å². The Kier molecular flexibility index (Phi) is 27.3. The number of esters is 10. The summed E-state index contributed by atoms with van der Waals surface area (Å²) < 4.78 is 55.0. The van der Waals surface area contributed by atoms with Crippen LogP contribution in [-0.2, 0) is 66.8 Å². The van der Waals surface area contributed by atoms with Crippen LogP contribution in [0.15, 0.2) is 61.7 Å². The molecule has 3 aliphatic carbocycles. The normalized spacial score (nSPS) is 20.2. The quantitative estimate of drug-likeness (QED) is 0.0231. The van der Waals surface area contributed by atoms with E-state index in [9.17, 15) is 47.9 Å². The molecule has 2 unspecified atom stereocenters. The Morgan fingerprint density at radius 3 is 0.988 bits per heavy atom. The Balaban J connectivity index is 1.14. The van der Waals surface area contributed by atoms with Crippen molar-refractivity contribution in [1.82, 2.24) is 0 Å². The van der Waals surface area contributed by atoms with E-state index < -0.39 is 71.4 Å². The molecule has 20 nitrogen and oxygen atoms in total. The lowest BCUT2D eigenvalue weighted by atomic mass is 9.82. The topological polar surface area (TPSA) is 263 Å². The van der Waals surface area contributed by atoms with Crippen LogP contribution in [0.1, 0.15) is 164 Å². The van der Waals surface area contributed by atoms with Crippen molar-refractivity contribution in [1.29, 1.82) is 0 Å². The van der Waals surface area contributed by atoms with E-state index in [-0.39, 0.29) is 135 Å². The minimum absolute atomic E-state index is 0.0366. The van der Waals surface area contributed by atoms with Gasteiger partial charge in [0.15, 0.2) is 0 Å². The van der Waals surface area contributed by atoms with E-state index in [0.29, 0.717) is 77.0 Å². The minimum Gasteiger partial charge on any atom is -0.465 e. The Morgan fingerprint density at radius 2 is 0.695 bits per heavy atom. The predicted octanol–water partition coefficient (Wildman–Crippen LogP) is 9.94. The van der Waals surface area contributed by atoms with Gasteiger partial charge in [0.1, 0.15) is 34.1 Å². The first kappa shape index (κ1) is 65.4. The smallest absolute Gasteiger partial charge is 0.342 e. The molecule has 3 aliphatic rings. The van der Waals surface area contributed by atoms with E-state index >= 15 is 0 Å². The van der Waals surface area contributed by atoms with Crippen LogP contribution in [0.4, 0.5) is 0 Å². The molecular formula is C62H80O20. The van der Waals surface area contributed by atoms with E-state index in [1.54, 1.807) is 0 Å². The monoisotopic (exact) mass is 1140 g/mol. The summed E-state index contributed by atoms with van der Waals surface area (Å²) in [6, 6.07) is 8.16. The van der Waals surface area contributed by atoms with Crippen molar-refractivity contribution in [3.8, 4) is 23.0 Å². The van der Waals surface area contributed by atoms with Gasteiger partial charge in [-0.3, -0.25) is 28.8 Å². The molecule has 5 rings (SSSR count). The van der Waals surface area contributed by atoms with Crippen molar-refractivity contribution in [2.24, 2.45) is 47.3 Å². The van der Waals surface area contributed by atoms with Gasteiger partial charge in [-0.2, -0.15) is 0 Å². The summed E-state index contributed by atoms with van der Waals surface area (Å²) >= 11 is 0. The van der Waals surface area contributed by atoms with E-state index in [1.807, 2.05) is 27.7 Å². The van der Waals surface area contributed by atoms with E-state index in [4.69, 9.17) is 47.4 Å². The van der Waals surface area contributed by atoms with Crippen LogP contribution in [0.5, 0.6) is 23.0 Å². The summed E-state index contributed by atoms with van der Waals surface area (Å²) in [4.78, 5) is 129. The summed E-state index contributed by atoms with van der Waals surface area (Å²) in [5.74, 6) is -8.80. The summed E-state index contributed by atoms with van der Waals surface area (Å²) in [6.07, 6.45) is 9.86. The second-order valence-electron chi connectivity index (χ2n) is 21.4. The number of hydrogen-bond donors (Lipinski definition) is 0. The van der Waals surface area contributed by atoms with Crippen LogP contribution in [0, 0.1) is 47.3 Å². The van der Waals surface area contributed by atoms with E-state index in [2.05, 4.69) is 13.2 Å². The molecule has 0 spiro atoms. The predicted molar refractivity (Wildman–Crippen MR) is 294 cm³/mol. The largest absolute Gasteiger partial charge is 0.465 e. The molecule has 2 aromatic rings. The molecule has 0 saturated heterocycles. The van der Waals surface area contributed by atoms with Crippen LogP contribution >= 0.6 is 0 Å². The minimum atomic E-state index is -0.783. The molecule has 2 aromatic carbocycles. The van der Waals surface area contributed by atoms with Gasteiger partial charge in [0.05, 0.1) is 75.1 Å². The first-order chi connectivity index (χ1) is 39.4. The molecule has 82 heavy (non-hydrogen) atoms. The molecule has 0 N–H and O–H groups in total. The maximum Gasteiger partial charge on any atom is 0.342 e. The maximum atomic E-state index is 13.7. The second kappa shape index (κ2) is 34.2. The highest BCUT2D eigenvalue weighted by atomic mass is 16.6. The fourth-order valence-corrected chi connectivity index (χ4v) is 9.40. The third-order valence-corrected chi connectivity index (χ3v) is 15.2. The Labute approximate surface area is 479 Å². The van der Waals surface area contributed by atoms with Crippen molar-refractivity contribution >= 4 is 59.7 Å². The molecule has 0 aromatic heterocycles. The zero-order valence-corrected chi connectivity index (χ0v) is 47.8. The molecule has 0 amide bonds. The van der Waals surface area contributed by atoms with Gasteiger partial charge in [0, 0.05) is 12.2 Å². The molecule has 0 bridgehead atoms. The first-order valence-corrected chi connectivity index (χ1v) is 28.8. The van der Waals surface area contributed by atoms with Gasteiger partial charge in [-0.05, 0) is 151 Å². The molecule has 0 aliphatic heterocycles. The van der Waals surface area contributed by atoms with Crippen LogP contribution < -0.4 is 18.9 Å². The lowest BCUT2D eigenvalue weighted by molar-refractivity contribution is -0.152. The van der Waals surface area contributed by atoms with E-state index in [1.165, 1.54) is 36.4 Å². The van der Waals surface area contributed by atoms with Crippen molar-refractivity contribution in [2.45, 2.75) is 143 Å². The molecule has 20 heteroatoms. The molecule has 0 heterocycles. The average molecular weight is 1150 g/mol. The van der Waals surface area contributed by atoms with Crippen molar-refractivity contribution < 1.29 is 95.3 Å². The van der Waals surface area contributed by atoms with Crippen molar-refractivity contribution in [2.75, 3.05) is 39.6 Å². The molecular weight excluding hydrogens is 1060 g/mol. The number of hydrogen-bond acceptors (Lipinski definition) is 20. The third kappa shape index (κ3) is 21.2. The number of ether oxygens (including phenoxy) is 10. The highest BCUT2D eigenvalue weighted by Gasteiger charge is 2.36. The average Bonchev–Trinajstić information content (AvgIpc) is 3.59. The van der Waals surface area contributed by atoms with Gasteiger partial charge in [0.2, 0.25) is 0 Å². The SMILES string of the molecule is C=CC(=O)OCCCCOC(=O)C1CCC(C(=O)Oc2ccc(OC(=O)C3CCC(C(=O)Oc4ccc(OC(=O)C5CCC(C(=O)OCCCCOC(=O)C=C)CC5)cc4C(=O)OCC(C)CC)CC3)c(C(=O)OCC(C)CC)c2)CC1. The van der Waals surface area contributed by atoms with Crippen LogP contribution in [-0.4, -0.2) is 99.3 Å². The number of rotatable bonds is 30. The third-order valence-electron chi connectivity index (χ3n) is 15.2. The van der Waals surface area contributed by atoms with Crippen molar-refractivity contribution in [3.63, 3.8) is 0 Å². The molecule has 3 saturated carbocycles. The molecule has 448 valence electrons.